The Morgan fingerprint density at radius 2 is 2.04 bits per heavy atom. The number of methoxy groups -OCH3 is 1. The summed E-state index contributed by atoms with van der Waals surface area (Å²) in [5.74, 6) is -1.43. The number of nitrogens with one attached hydrogen (secondary N) is 1. The number of esters is 1. The lowest BCUT2D eigenvalue weighted by Gasteiger charge is -2.29. The fraction of sp³-hybridized carbons (Fsp3) is 0.222. The second-order valence-electron chi connectivity index (χ2n) is 6.00. The lowest BCUT2D eigenvalue weighted by atomic mass is 9.78. The molecule has 2 aliphatic heterocycles. The van der Waals surface area contributed by atoms with Gasteiger partial charge < -0.3 is 15.0 Å². The predicted molar refractivity (Wildman–Crippen MR) is 91.4 cm³/mol. The lowest BCUT2D eigenvalue weighted by Crippen LogP contribution is -2.48. The van der Waals surface area contributed by atoms with E-state index in [9.17, 15) is 9.59 Å². The van der Waals surface area contributed by atoms with Crippen LogP contribution < -0.4 is 10.2 Å². The van der Waals surface area contributed by atoms with Crippen LogP contribution in [0.2, 0.25) is 5.02 Å². The summed E-state index contributed by atoms with van der Waals surface area (Å²) in [6.45, 7) is 0. The molecule has 0 bridgehead atoms. The first-order valence-corrected chi connectivity index (χ1v) is 7.91. The van der Waals surface area contributed by atoms with Crippen LogP contribution in [-0.2, 0) is 19.9 Å². The molecule has 2 heterocycles. The number of halogens is 1. The molecule has 0 radical (unpaired) electrons. The Bertz CT molecular complexity index is 882. The molecule has 1 amide bonds. The minimum Gasteiger partial charge on any atom is -0.468 e. The van der Waals surface area contributed by atoms with E-state index in [-0.39, 0.29) is 5.91 Å². The van der Waals surface area contributed by atoms with Gasteiger partial charge in [0.05, 0.1) is 7.11 Å². The highest BCUT2D eigenvalue weighted by molar-refractivity contribution is 6.31. The van der Waals surface area contributed by atoms with E-state index in [0.717, 1.165) is 16.9 Å². The van der Waals surface area contributed by atoms with E-state index >= 15 is 0 Å². The van der Waals surface area contributed by atoms with Crippen molar-refractivity contribution in [3.63, 3.8) is 0 Å². The second-order valence-corrected chi connectivity index (χ2v) is 6.44. The normalized spacial score (nSPS) is 23.9. The van der Waals surface area contributed by atoms with Gasteiger partial charge in [0.1, 0.15) is 5.92 Å². The van der Waals surface area contributed by atoms with Gasteiger partial charge in [0.2, 0.25) is 0 Å². The number of carbonyl (C=O) groups is 2. The van der Waals surface area contributed by atoms with Gasteiger partial charge in [0, 0.05) is 29.0 Å². The number of benzene rings is 2. The number of nitrogens with zero attached hydrogens (tertiary/aromatic N) is 1. The third-order valence-electron chi connectivity index (χ3n) is 4.86. The van der Waals surface area contributed by atoms with Crippen molar-refractivity contribution >= 4 is 34.9 Å². The van der Waals surface area contributed by atoms with Crippen LogP contribution in [0, 0.1) is 0 Å². The van der Waals surface area contributed by atoms with Crippen LogP contribution in [0.25, 0.3) is 0 Å². The molecule has 4 rings (SSSR count). The number of para-hydroxylation sites is 1. The summed E-state index contributed by atoms with van der Waals surface area (Å²) in [6.07, 6.45) is 0. The maximum absolute atomic E-state index is 13.2. The van der Waals surface area contributed by atoms with Crippen LogP contribution in [-0.4, -0.2) is 26.0 Å². The highest BCUT2D eigenvalue weighted by Gasteiger charge is 2.62. The summed E-state index contributed by atoms with van der Waals surface area (Å²) in [5.41, 5.74) is 1.69. The Kier molecular flexibility index (Phi) is 3.12. The molecule has 2 aromatic carbocycles. The fourth-order valence-corrected chi connectivity index (χ4v) is 3.98. The van der Waals surface area contributed by atoms with E-state index in [2.05, 4.69) is 5.32 Å². The van der Waals surface area contributed by atoms with Crippen LogP contribution in [0.3, 0.4) is 0 Å². The molecule has 122 valence electrons. The molecule has 2 aromatic rings. The van der Waals surface area contributed by atoms with Crippen LogP contribution in [0.4, 0.5) is 11.4 Å². The summed E-state index contributed by atoms with van der Waals surface area (Å²) in [5, 5.41) is 3.80. The van der Waals surface area contributed by atoms with E-state index in [1.54, 1.807) is 30.1 Å². The Balaban J connectivity index is 2.02. The maximum Gasteiger partial charge on any atom is 0.316 e. The van der Waals surface area contributed by atoms with Crippen molar-refractivity contribution in [2.24, 2.45) is 0 Å². The minimum atomic E-state index is -1.23. The van der Waals surface area contributed by atoms with Crippen molar-refractivity contribution in [1.82, 2.24) is 0 Å². The average molecular weight is 343 g/mol. The molecule has 0 saturated heterocycles. The number of fused-ring (bicyclic) bond motifs is 3. The van der Waals surface area contributed by atoms with Crippen molar-refractivity contribution in [3.05, 3.63) is 58.6 Å². The summed E-state index contributed by atoms with van der Waals surface area (Å²) in [6, 6.07) is 12.7. The zero-order chi connectivity index (χ0) is 17.1. The predicted octanol–water partition coefficient (Wildman–Crippen LogP) is 2.89. The number of hydrogen-bond donors (Lipinski definition) is 1. The summed E-state index contributed by atoms with van der Waals surface area (Å²) >= 11 is 6.18. The first-order chi connectivity index (χ1) is 11.5. The maximum atomic E-state index is 13.2. The van der Waals surface area contributed by atoms with E-state index in [1.807, 2.05) is 24.3 Å². The minimum absolute atomic E-state index is 0.202. The van der Waals surface area contributed by atoms with Crippen LogP contribution >= 0.6 is 11.6 Å². The second kappa shape index (κ2) is 4.98. The van der Waals surface area contributed by atoms with E-state index in [4.69, 9.17) is 16.3 Å². The largest absolute Gasteiger partial charge is 0.468 e. The summed E-state index contributed by atoms with van der Waals surface area (Å²) < 4.78 is 5.02. The summed E-state index contributed by atoms with van der Waals surface area (Å²) in [7, 11) is 3.03. The first-order valence-electron chi connectivity index (χ1n) is 7.54. The smallest absolute Gasteiger partial charge is 0.316 e. The molecule has 2 unspecified atom stereocenters. The molecular weight excluding hydrogens is 328 g/mol. The topological polar surface area (TPSA) is 58.6 Å². The van der Waals surface area contributed by atoms with Gasteiger partial charge in [-0.3, -0.25) is 9.59 Å². The number of ether oxygens (including phenoxy) is 1. The highest BCUT2D eigenvalue weighted by atomic mass is 35.5. The van der Waals surface area contributed by atoms with Crippen LogP contribution in [0.15, 0.2) is 42.5 Å². The third kappa shape index (κ3) is 1.70. The lowest BCUT2D eigenvalue weighted by molar-refractivity contribution is -0.146. The number of hydrogen-bond acceptors (Lipinski definition) is 4. The Hall–Kier alpha value is -2.53. The van der Waals surface area contributed by atoms with Gasteiger partial charge >= 0.3 is 5.97 Å². The van der Waals surface area contributed by atoms with Gasteiger partial charge in [-0.2, -0.15) is 0 Å². The number of rotatable bonds is 1. The molecule has 0 fully saturated rings. The zero-order valence-electron chi connectivity index (χ0n) is 13.2. The molecule has 0 aromatic heterocycles. The van der Waals surface area contributed by atoms with E-state index < -0.39 is 17.4 Å². The van der Waals surface area contributed by atoms with Gasteiger partial charge in [-0.15, -0.1) is 0 Å². The molecule has 24 heavy (non-hydrogen) atoms. The average Bonchev–Trinajstić information content (AvgIpc) is 3.04. The number of likely N-dealkylation sites (N-methyl/N-ethyl adjacent to an activating group) is 1. The quantitative estimate of drug-likeness (QED) is 0.810. The van der Waals surface area contributed by atoms with Crippen LogP contribution in [0.1, 0.15) is 17.0 Å². The number of carbonyl (C=O) groups excluding carboxylic acids is 2. The zero-order valence-corrected chi connectivity index (χ0v) is 13.9. The highest BCUT2D eigenvalue weighted by Crippen LogP contribution is 2.55. The van der Waals surface area contributed by atoms with Gasteiger partial charge in [-0.05, 0) is 29.8 Å². The molecule has 2 aliphatic rings. The first kappa shape index (κ1) is 15.0. The molecule has 6 heteroatoms. The van der Waals surface area contributed by atoms with Gasteiger partial charge in [-0.1, -0.05) is 29.8 Å². The Morgan fingerprint density at radius 1 is 1.29 bits per heavy atom. The molecular formula is C18H15ClN2O3. The van der Waals surface area contributed by atoms with Crippen molar-refractivity contribution in [2.75, 3.05) is 24.4 Å². The Labute approximate surface area is 144 Å². The van der Waals surface area contributed by atoms with Crippen LogP contribution in [0.5, 0.6) is 0 Å². The van der Waals surface area contributed by atoms with Gasteiger partial charge in [0.15, 0.2) is 5.54 Å². The van der Waals surface area contributed by atoms with E-state index in [1.165, 1.54) is 7.11 Å². The van der Waals surface area contributed by atoms with Crippen molar-refractivity contribution in [2.45, 2.75) is 11.5 Å². The van der Waals surface area contributed by atoms with Gasteiger partial charge in [0.25, 0.3) is 5.91 Å². The Morgan fingerprint density at radius 3 is 2.79 bits per heavy atom. The molecule has 0 aliphatic carbocycles. The molecule has 1 spiro atoms. The van der Waals surface area contributed by atoms with Crippen molar-refractivity contribution in [3.8, 4) is 0 Å². The summed E-state index contributed by atoms with van der Waals surface area (Å²) in [4.78, 5) is 27.4. The molecule has 5 nitrogen and oxygen atoms in total. The number of amides is 1. The van der Waals surface area contributed by atoms with Gasteiger partial charge in [-0.25, -0.2) is 0 Å². The van der Waals surface area contributed by atoms with Crippen molar-refractivity contribution < 1.29 is 14.3 Å². The van der Waals surface area contributed by atoms with E-state index in [0.29, 0.717) is 10.6 Å². The standard InChI is InChI=1S/C18H15ClN2O3/c1-21-14-8-7-10(19)9-12(14)18(17(21)23)15(16(22)24-2)11-5-3-4-6-13(11)20-18/h3-9,15,20H,1-2H3. The number of anilines is 2. The fourth-order valence-electron chi connectivity index (χ4n) is 3.81. The molecule has 1 N–H and O–H groups in total. The monoisotopic (exact) mass is 342 g/mol. The SMILES string of the molecule is COC(=O)C1c2ccccc2NC12C(=O)N(C)c1ccc(Cl)cc12. The third-order valence-corrected chi connectivity index (χ3v) is 5.10. The molecule has 0 saturated carbocycles. The van der Waals surface area contributed by atoms with Crippen molar-refractivity contribution in [1.29, 1.82) is 0 Å². The molecule has 2 atom stereocenters.